The molecule has 0 aromatic carbocycles. The lowest BCUT2D eigenvalue weighted by Gasteiger charge is -2.62. The van der Waals surface area contributed by atoms with Crippen LogP contribution in [-0.2, 0) is 0 Å². The van der Waals surface area contributed by atoms with Crippen molar-refractivity contribution in [2.24, 2.45) is 192 Å². The summed E-state index contributed by atoms with van der Waals surface area (Å²) in [6.07, 6.45) is 64.9. The van der Waals surface area contributed by atoms with Crippen LogP contribution >= 0.6 is 0 Å². The van der Waals surface area contributed by atoms with Crippen LogP contribution in [0.25, 0.3) is 0 Å². The molecule has 0 nitrogen and oxygen atoms in total. The Labute approximate surface area is 630 Å². The molecule has 0 aromatic rings. The van der Waals surface area contributed by atoms with Gasteiger partial charge in [-0.15, -0.1) is 0 Å². The largest absolute Gasteiger partial charge is 0.0654 e. The van der Waals surface area contributed by atoms with Gasteiger partial charge in [-0.1, -0.05) is 250 Å². The van der Waals surface area contributed by atoms with E-state index < -0.39 is 0 Å². The molecule has 0 saturated heterocycles. The molecule has 0 heterocycles. The average molecular weight is 1390 g/mol. The molecule has 17 rings (SSSR count). The number of hydrogen-bond acceptors (Lipinski definition) is 0. The van der Waals surface area contributed by atoms with Gasteiger partial charge in [-0.05, 0) is 384 Å². The highest BCUT2D eigenvalue weighted by Gasteiger charge is 2.60. The van der Waals surface area contributed by atoms with E-state index in [4.69, 9.17) is 0 Å². The van der Waals surface area contributed by atoms with Crippen LogP contribution in [0.2, 0.25) is 0 Å². The van der Waals surface area contributed by atoms with E-state index in [0.29, 0.717) is 16.2 Å². The quantitative estimate of drug-likeness (QED) is 0.172. The molecular weight excluding hydrogens is 1200 g/mol. The third-order valence-electron chi connectivity index (χ3n) is 38.3. The Hall–Kier alpha value is 0. The second-order valence-electron chi connectivity index (χ2n) is 45.9. The molecule has 17 saturated carbocycles. The molecule has 0 heteroatoms. The summed E-state index contributed by atoms with van der Waals surface area (Å²) in [5.41, 5.74) is 4.79. The average Bonchev–Trinajstić information content (AvgIpc) is 1.01. The zero-order chi connectivity index (χ0) is 72.9. The zero-order valence-electron chi connectivity index (χ0n) is 72.9. The van der Waals surface area contributed by atoms with E-state index in [2.05, 4.69) is 166 Å². The first-order chi connectivity index (χ1) is 47.1. The van der Waals surface area contributed by atoms with Gasteiger partial charge in [0.25, 0.3) is 0 Å². The van der Waals surface area contributed by atoms with Crippen molar-refractivity contribution in [2.45, 2.75) is 442 Å². The topological polar surface area (TPSA) is 0 Å². The van der Waals surface area contributed by atoms with E-state index in [1.54, 1.807) is 89.9 Å². The molecule has 8 bridgehead atoms. The molecule has 0 N–H and O–H groups in total. The van der Waals surface area contributed by atoms with Crippen LogP contribution in [0.4, 0.5) is 0 Å². The predicted octanol–water partition coefficient (Wildman–Crippen LogP) is 32.3. The molecule has 0 amide bonds. The highest BCUT2D eigenvalue weighted by molar-refractivity contribution is 5.10. The normalized spacial score (nSPS) is 45.6. The lowest BCUT2D eigenvalue weighted by atomic mass is 9.43. The van der Waals surface area contributed by atoms with Gasteiger partial charge in [0, 0.05) is 0 Å². The Balaban J connectivity index is 0.000000137. The third-order valence-corrected chi connectivity index (χ3v) is 38.3. The summed E-state index contributed by atoms with van der Waals surface area (Å²) in [5.74, 6) is 27.1. The van der Waals surface area contributed by atoms with Gasteiger partial charge in [0.05, 0.1) is 0 Å². The van der Waals surface area contributed by atoms with Crippen LogP contribution in [0.15, 0.2) is 0 Å². The van der Waals surface area contributed by atoms with E-state index in [9.17, 15) is 0 Å². The van der Waals surface area contributed by atoms with Crippen LogP contribution < -0.4 is 0 Å². The molecule has 584 valence electrons. The van der Waals surface area contributed by atoms with Gasteiger partial charge < -0.3 is 0 Å². The fourth-order valence-corrected chi connectivity index (χ4v) is 29.4. The minimum atomic E-state index is 0.591. The smallest absolute Gasteiger partial charge is 0.0240 e. The monoisotopic (exact) mass is 1390 g/mol. The summed E-state index contributed by atoms with van der Waals surface area (Å²) in [4.78, 5) is 0. The highest BCUT2D eigenvalue weighted by atomic mass is 14.7. The van der Waals surface area contributed by atoms with E-state index in [1.807, 2.05) is 0 Å². The Morgan fingerprint density at radius 2 is 0.550 bits per heavy atom. The minimum absolute atomic E-state index is 0.591. The van der Waals surface area contributed by atoms with Gasteiger partial charge in [0.15, 0.2) is 0 Å². The third kappa shape index (κ3) is 19.9. The van der Waals surface area contributed by atoms with Gasteiger partial charge in [-0.3, -0.25) is 0 Å². The first-order valence-corrected chi connectivity index (χ1v) is 47.1. The molecule has 14 unspecified atom stereocenters. The number of rotatable bonds is 13. The Bertz CT molecular complexity index is 2260. The number of hydrogen-bond donors (Lipinski definition) is 0. The molecule has 0 spiro atoms. The summed E-state index contributed by atoms with van der Waals surface area (Å²) < 4.78 is 0. The first kappa shape index (κ1) is 84.0. The molecule has 17 aliphatic rings. The summed E-state index contributed by atoms with van der Waals surface area (Å²) in [6.45, 7) is 59.2. The van der Waals surface area contributed by atoms with Crippen molar-refractivity contribution in [3.05, 3.63) is 0 Å². The maximum absolute atomic E-state index is 2.72. The maximum Gasteiger partial charge on any atom is -0.0240 e. The van der Waals surface area contributed by atoms with E-state index in [0.717, 1.165) is 176 Å². The summed E-state index contributed by atoms with van der Waals surface area (Å²) in [7, 11) is 0. The first-order valence-electron chi connectivity index (χ1n) is 47.1. The van der Waals surface area contributed by atoms with Gasteiger partial charge in [-0.25, -0.2) is 0 Å². The van der Waals surface area contributed by atoms with Crippen molar-refractivity contribution in [2.75, 3.05) is 0 Å². The van der Waals surface area contributed by atoms with E-state index >= 15 is 0 Å². The molecule has 17 fully saturated rings. The van der Waals surface area contributed by atoms with Crippen molar-refractivity contribution in [3.8, 4) is 0 Å². The molecule has 0 aromatic heterocycles. The maximum atomic E-state index is 2.72. The molecular formula is C100H184. The Morgan fingerprint density at radius 3 is 0.880 bits per heavy atom. The Kier molecular flexibility index (Phi) is 30.1. The molecule has 14 atom stereocenters. The summed E-state index contributed by atoms with van der Waals surface area (Å²) >= 11 is 0. The SMILES string of the molecule is CC1CC(C2(C)C3CC4CC(C3)CC2C4)CC1C.CC1CC(C2(C)CCCCC2)CC1C.CC1CCC(C2(C)C3CC4CC(C3)CC2C4)C1.CC1CCC(C2(C)CCCCC2)C1.CCC(C)(CC)C1CC(C)C(C)C1.CCCC(C)(C)C1CC(C)C(C)C1.CCCC(C)(C)C1CCC(C)C1. The predicted molar refractivity (Wildman–Crippen MR) is 442 cm³/mol. The molecule has 0 aliphatic heterocycles. The molecule has 100 heavy (non-hydrogen) atoms. The van der Waals surface area contributed by atoms with E-state index in [-0.39, 0.29) is 0 Å². The summed E-state index contributed by atoms with van der Waals surface area (Å²) in [5, 5.41) is 0. The fraction of sp³-hybridized carbons (Fsp3) is 1.00. The van der Waals surface area contributed by atoms with Gasteiger partial charge in [0.1, 0.15) is 0 Å². The highest BCUT2D eigenvalue weighted by Crippen LogP contribution is 2.69. The lowest BCUT2D eigenvalue weighted by molar-refractivity contribution is -0.129. The van der Waals surface area contributed by atoms with Crippen LogP contribution in [0.3, 0.4) is 0 Å². The Morgan fingerprint density at radius 1 is 0.260 bits per heavy atom. The van der Waals surface area contributed by atoms with Crippen molar-refractivity contribution in [1.82, 2.24) is 0 Å². The van der Waals surface area contributed by atoms with Gasteiger partial charge in [-0.2, -0.15) is 0 Å². The van der Waals surface area contributed by atoms with Crippen LogP contribution in [0, 0.1) is 192 Å². The van der Waals surface area contributed by atoms with Crippen molar-refractivity contribution < 1.29 is 0 Å². The lowest BCUT2D eigenvalue weighted by Crippen LogP contribution is -2.54. The van der Waals surface area contributed by atoms with Crippen molar-refractivity contribution >= 4 is 0 Å². The van der Waals surface area contributed by atoms with Crippen LogP contribution in [0.5, 0.6) is 0 Å². The zero-order valence-corrected chi connectivity index (χ0v) is 72.9. The second kappa shape index (κ2) is 35.8. The van der Waals surface area contributed by atoms with Crippen molar-refractivity contribution in [1.29, 1.82) is 0 Å². The summed E-state index contributed by atoms with van der Waals surface area (Å²) in [6, 6.07) is 0. The van der Waals surface area contributed by atoms with Gasteiger partial charge in [0.2, 0.25) is 0 Å². The molecule has 17 aliphatic carbocycles. The van der Waals surface area contributed by atoms with Gasteiger partial charge >= 0.3 is 0 Å². The van der Waals surface area contributed by atoms with Crippen molar-refractivity contribution in [3.63, 3.8) is 0 Å². The second-order valence-corrected chi connectivity index (χ2v) is 45.9. The standard InChI is InChI=1S/C18H30.C17H28.C14H26.C13H24.2C13H26.C12H24/c1-11-4-15(5-12(11)2)18(3)16-7-13-6-14(9-16)10-17(18)8-13;1-11-3-4-14(5-11)17(2)15-7-12-6-13(9-15)10-16(17)8-12;1-11-9-13(10-12(11)2)14(3)7-5-4-6-8-14;1-11-6-7-12(10-11)13(2)8-4-3-5-9-13;1-6-7-13(4,5)12-8-10(2)11(3)9-12;1-6-13(5,7-2)12-8-10(3)11(4)9-12;1-5-8-12(3,4)11-7-6-10(2)9-11/h11-17H,4-10H2,1-3H3;11-16H,3-10H2,1-2H3;11-13H,4-10H2,1-3H3;11-12H,3-10H2,1-2H3;2*10-12H,6-9H2,1-5H3;10-11H,5-9H2,1-4H3. The van der Waals surface area contributed by atoms with E-state index in [1.165, 1.54) is 186 Å². The van der Waals surface area contributed by atoms with Crippen LogP contribution in [-0.4, -0.2) is 0 Å². The fourth-order valence-electron chi connectivity index (χ4n) is 29.4. The minimum Gasteiger partial charge on any atom is -0.0654 e. The van der Waals surface area contributed by atoms with Crippen LogP contribution in [0.1, 0.15) is 442 Å². The molecule has 0 radical (unpaired) electrons.